The number of methoxy groups -OCH3 is 1. The maximum Gasteiger partial charge on any atom is 0.337 e. The third-order valence-electron chi connectivity index (χ3n) is 3.72. The van der Waals surface area contributed by atoms with Crippen LogP contribution in [0.3, 0.4) is 0 Å². The molecule has 1 aromatic carbocycles. The average Bonchev–Trinajstić information content (AvgIpc) is 2.91. The molecule has 0 saturated heterocycles. The molecule has 0 aliphatic carbocycles. The number of carbonyl (C=O) groups excluding carboxylic acids is 1. The van der Waals surface area contributed by atoms with Gasteiger partial charge in [-0.2, -0.15) is 0 Å². The van der Waals surface area contributed by atoms with Crippen LogP contribution < -0.4 is 0 Å². The number of hydrogen-bond donors (Lipinski definition) is 1. The second kappa shape index (κ2) is 7.81. The van der Waals surface area contributed by atoms with Gasteiger partial charge in [0.15, 0.2) is 0 Å². The standard InChI is InChI=1S/C17H24N2O2/c1-3-4-5-6-7-8-9-16-18-14-11-10-13(17(20)21-2)12-15(14)19-16/h10-12H,3-9H2,1-2H3,(H,18,19). The van der Waals surface area contributed by atoms with Crippen LogP contribution in [0.25, 0.3) is 11.0 Å². The van der Waals surface area contributed by atoms with Crippen molar-refractivity contribution in [3.63, 3.8) is 0 Å². The summed E-state index contributed by atoms with van der Waals surface area (Å²) in [5.74, 6) is 0.687. The SMILES string of the molecule is CCCCCCCCc1nc2ccc(C(=O)OC)cc2[nH]1. The Labute approximate surface area is 125 Å². The molecule has 0 amide bonds. The van der Waals surface area contributed by atoms with Gasteiger partial charge in [-0.1, -0.05) is 39.0 Å². The summed E-state index contributed by atoms with van der Waals surface area (Å²) in [6.07, 6.45) is 8.64. The number of nitrogens with one attached hydrogen (secondary N) is 1. The zero-order chi connectivity index (χ0) is 15.1. The maximum atomic E-state index is 11.5. The van der Waals surface area contributed by atoms with Crippen molar-refractivity contribution >= 4 is 17.0 Å². The van der Waals surface area contributed by atoms with Crippen LogP contribution in [0, 0.1) is 0 Å². The van der Waals surface area contributed by atoms with E-state index in [1.54, 1.807) is 12.1 Å². The molecule has 0 unspecified atom stereocenters. The average molecular weight is 288 g/mol. The van der Waals surface area contributed by atoms with Gasteiger partial charge in [-0.3, -0.25) is 0 Å². The summed E-state index contributed by atoms with van der Waals surface area (Å²) in [4.78, 5) is 19.4. The minimum atomic E-state index is -0.316. The van der Waals surface area contributed by atoms with Gasteiger partial charge >= 0.3 is 5.97 Å². The van der Waals surface area contributed by atoms with Crippen LogP contribution >= 0.6 is 0 Å². The number of hydrogen-bond acceptors (Lipinski definition) is 3. The summed E-state index contributed by atoms with van der Waals surface area (Å²) in [5, 5.41) is 0. The Kier molecular flexibility index (Phi) is 5.78. The van der Waals surface area contributed by atoms with Crippen molar-refractivity contribution < 1.29 is 9.53 Å². The van der Waals surface area contributed by atoms with Crippen molar-refractivity contribution in [1.29, 1.82) is 0 Å². The minimum Gasteiger partial charge on any atom is -0.465 e. The Bertz CT molecular complexity index is 589. The lowest BCUT2D eigenvalue weighted by atomic mass is 10.1. The van der Waals surface area contributed by atoms with Crippen molar-refractivity contribution in [3.8, 4) is 0 Å². The van der Waals surface area contributed by atoms with E-state index in [-0.39, 0.29) is 5.97 Å². The molecule has 0 aliphatic heterocycles. The fraction of sp³-hybridized carbons (Fsp3) is 0.529. The molecule has 1 aromatic heterocycles. The van der Waals surface area contributed by atoms with E-state index in [4.69, 9.17) is 4.74 Å². The Balaban J connectivity index is 1.91. The topological polar surface area (TPSA) is 55.0 Å². The number of imidazole rings is 1. The van der Waals surface area contributed by atoms with Crippen molar-refractivity contribution in [2.75, 3.05) is 7.11 Å². The highest BCUT2D eigenvalue weighted by molar-refractivity contribution is 5.93. The molecule has 2 aromatic rings. The summed E-state index contributed by atoms with van der Waals surface area (Å²) in [5.41, 5.74) is 2.36. The third-order valence-corrected chi connectivity index (χ3v) is 3.72. The number of H-pyrrole nitrogens is 1. The maximum absolute atomic E-state index is 11.5. The zero-order valence-corrected chi connectivity index (χ0v) is 12.9. The highest BCUT2D eigenvalue weighted by Crippen LogP contribution is 2.16. The van der Waals surface area contributed by atoms with Crippen LogP contribution in [0.4, 0.5) is 0 Å². The van der Waals surface area contributed by atoms with Gasteiger partial charge in [0.2, 0.25) is 0 Å². The number of aromatic amines is 1. The molecule has 1 heterocycles. The number of esters is 1. The van der Waals surface area contributed by atoms with Gasteiger partial charge < -0.3 is 9.72 Å². The lowest BCUT2D eigenvalue weighted by Crippen LogP contribution is -2.00. The van der Waals surface area contributed by atoms with Crippen LogP contribution in [0.1, 0.15) is 61.6 Å². The summed E-state index contributed by atoms with van der Waals surface area (Å²) in [7, 11) is 1.39. The smallest absolute Gasteiger partial charge is 0.337 e. The largest absolute Gasteiger partial charge is 0.465 e. The number of ether oxygens (including phenoxy) is 1. The first kappa shape index (κ1) is 15.5. The number of rotatable bonds is 8. The molecular weight excluding hydrogens is 264 g/mol. The number of nitrogens with zero attached hydrogens (tertiary/aromatic N) is 1. The van der Waals surface area contributed by atoms with Crippen LogP contribution in [-0.4, -0.2) is 23.0 Å². The van der Waals surface area contributed by atoms with E-state index in [0.717, 1.165) is 29.7 Å². The number of unbranched alkanes of at least 4 members (excludes halogenated alkanes) is 5. The van der Waals surface area contributed by atoms with E-state index >= 15 is 0 Å². The second-order valence-corrected chi connectivity index (χ2v) is 5.42. The van der Waals surface area contributed by atoms with E-state index < -0.39 is 0 Å². The molecule has 0 radical (unpaired) electrons. The van der Waals surface area contributed by atoms with Crippen molar-refractivity contribution in [2.45, 2.75) is 51.9 Å². The second-order valence-electron chi connectivity index (χ2n) is 5.42. The lowest BCUT2D eigenvalue weighted by Gasteiger charge is -1.98. The Morgan fingerprint density at radius 1 is 1.19 bits per heavy atom. The van der Waals surface area contributed by atoms with Gasteiger partial charge in [0, 0.05) is 6.42 Å². The number of fused-ring (bicyclic) bond motifs is 1. The van der Waals surface area contributed by atoms with Crippen LogP contribution in [0.5, 0.6) is 0 Å². The Morgan fingerprint density at radius 2 is 1.95 bits per heavy atom. The molecule has 0 aliphatic rings. The molecule has 0 spiro atoms. The molecule has 4 heteroatoms. The quantitative estimate of drug-likeness (QED) is 0.583. The summed E-state index contributed by atoms with van der Waals surface area (Å²) >= 11 is 0. The van der Waals surface area contributed by atoms with Crippen molar-refractivity contribution in [2.24, 2.45) is 0 Å². The molecule has 4 nitrogen and oxygen atoms in total. The van der Waals surface area contributed by atoms with Crippen molar-refractivity contribution in [3.05, 3.63) is 29.6 Å². The molecule has 1 N–H and O–H groups in total. The molecule has 21 heavy (non-hydrogen) atoms. The van der Waals surface area contributed by atoms with Crippen molar-refractivity contribution in [1.82, 2.24) is 9.97 Å². The van der Waals surface area contributed by atoms with Gasteiger partial charge in [-0.25, -0.2) is 9.78 Å². The van der Waals surface area contributed by atoms with E-state index in [1.807, 2.05) is 6.07 Å². The number of carbonyl (C=O) groups is 1. The van der Waals surface area contributed by atoms with E-state index in [1.165, 1.54) is 39.2 Å². The van der Waals surface area contributed by atoms with Crippen LogP contribution in [-0.2, 0) is 11.2 Å². The third kappa shape index (κ3) is 4.31. The molecule has 0 bridgehead atoms. The number of aromatic nitrogens is 2. The fourth-order valence-electron chi connectivity index (χ4n) is 2.50. The highest BCUT2D eigenvalue weighted by Gasteiger charge is 2.08. The van der Waals surface area contributed by atoms with E-state index in [0.29, 0.717) is 5.56 Å². The summed E-state index contributed by atoms with van der Waals surface area (Å²) < 4.78 is 4.73. The predicted octanol–water partition coefficient (Wildman–Crippen LogP) is 4.25. The van der Waals surface area contributed by atoms with Gasteiger partial charge in [0.1, 0.15) is 5.82 Å². The van der Waals surface area contributed by atoms with Gasteiger partial charge in [-0.15, -0.1) is 0 Å². The molecule has 2 rings (SSSR count). The highest BCUT2D eigenvalue weighted by atomic mass is 16.5. The summed E-state index contributed by atoms with van der Waals surface area (Å²) in [6, 6.07) is 5.42. The normalized spacial score (nSPS) is 11.0. The lowest BCUT2D eigenvalue weighted by molar-refractivity contribution is 0.0601. The predicted molar refractivity (Wildman–Crippen MR) is 84.5 cm³/mol. The molecular formula is C17H24N2O2. The Hall–Kier alpha value is -1.84. The van der Waals surface area contributed by atoms with E-state index in [2.05, 4.69) is 16.9 Å². The van der Waals surface area contributed by atoms with Crippen LogP contribution in [0.2, 0.25) is 0 Å². The zero-order valence-electron chi connectivity index (χ0n) is 12.9. The first-order chi connectivity index (χ1) is 10.2. The monoisotopic (exact) mass is 288 g/mol. The van der Waals surface area contributed by atoms with Gasteiger partial charge in [0.25, 0.3) is 0 Å². The molecule has 0 saturated carbocycles. The Morgan fingerprint density at radius 3 is 2.71 bits per heavy atom. The molecule has 0 atom stereocenters. The number of aryl methyl sites for hydroxylation is 1. The number of benzene rings is 1. The first-order valence-corrected chi connectivity index (χ1v) is 7.81. The van der Waals surface area contributed by atoms with E-state index in [9.17, 15) is 4.79 Å². The first-order valence-electron chi connectivity index (χ1n) is 7.81. The van der Waals surface area contributed by atoms with Crippen LogP contribution in [0.15, 0.2) is 18.2 Å². The fourth-order valence-corrected chi connectivity index (χ4v) is 2.50. The minimum absolute atomic E-state index is 0.316. The summed E-state index contributed by atoms with van der Waals surface area (Å²) in [6.45, 7) is 2.23. The molecule has 0 fully saturated rings. The van der Waals surface area contributed by atoms with Gasteiger partial charge in [0.05, 0.1) is 23.7 Å². The van der Waals surface area contributed by atoms with Gasteiger partial charge in [-0.05, 0) is 24.6 Å². The molecule has 114 valence electrons.